The van der Waals surface area contributed by atoms with Crippen molar-refractivity contribution in [3.8, 4) is 0 Å². The summed E-state index contributed by atoms with van der Waals surface area (Å²) in [5.74, 6) is 0.814. The Balaban J connectivity index is 2.22. The number of furan rings is 1. The summed E-state index contributed by atoms with van der Waals surface area (Å²) in [6.45, 7) is 2.02. The third kappa shape index (κ3) is 2.92. The number of hydrogen-bond acceptors (Lipinski definition) is 3. The Morgan fingerprint density at radius 3 is 2.65 bits per heavy atom. The highest BCUT2D eigenvalue weighted by Crippen LogP contribution is 2.22. The van der Waals surface area contributed by atoms with Crippen LogP contribution in [-0.4, -0.2) is 6.08 Å². The molecule has 0 N–H and O–H groups in total. The van der Waals surface area contributed by atoms with Crippen LogP contribution in [0.2, 0.25) is 0 Å². The highest BCUT2D eigenvalue weighted by atomic mass is 16.3. The predicted molar refractivity (Wildman–Crippen MR) is 64.5 cm³/mol. The summed E-state index contributed by atoms with van der Waals surface area (Å²) < 4.78 is 5.27. The number of isocyanates is 1. The fourth-order valence-electron chi connectivity index (χ4n) is 1.71. The first-order chi connectivity index (χ1) is 8.29. The van der Waals surface area contributed by atoms with Gasteiger partial charge in [-0.2, -0.15) is 4.99 Å². The van der Waals surface area contributed by atoms with E-state index in [0.29, 0.717) is 6.42 Å². The molecule has 1 aromatic carbocycles. The fourth-order valence-corrected chi connectivity index (χ4v) is 1.71. The van der Waals surface area contributed by atoms with Crippen LogP contribution in [0.3, 0.4) is 0 Å². The standard InChI is InChI=1S/C14H13NO2/c1-11-4-6-12(7-5-11)14(15-10-16)9-13-3-2-8-17-13/h2-8,14H,9H2,1H3. The smallest absolute Gasteiger partial charge is 0.235 e. The lowest BCUT2D eigenvalue weighted by atomic mass is 10.0. The molecule has 0 saturated heterocycles. The first-order valence-electron chi connectivity index (χ1n) is 5.45. The van der Waals surface area contributed by atoms with E-state index in [1.165, 1.54) is 5.56 Å². The van der Waals surface area contributed by atoms with Crippen LogP contribution in [0.4, 0.5) is 0 Å². The summed E-state index contributed by atoms with van der Waals surface area (Å²) in [5.41, 5.74) is 2.18. The normalized spacial score (nSPS) is 11.8. The summed E-state index contributed by atoms with van der Waals surface area (Å²) in [5, 5.41) is 0. The van der Waals surface area contributed by atoms with Crippen molar-refractivity contribution in [3.63, 3.8) is 0 Å². The average molecular weight is 227 g/mol. The lowest BCUT2D eigenvalue weighted by Crippen LogP contribution is -1.99. The van der Waals surface area contributed by atoms with Crippen LogP contribution in [0.25, 0.3) is 0 Å². The van der Waals surface area contributed by atoms with Crippen LogP contribution < -0.4 is 0 Å². The number of carbonyl (C=O) groups excluding carboxylic acids is 1. The van der Waals surface area contributed by atoms with Crippen LogP contribution in [0.5, 0.6) is 0 Å². The third-order valence-corrected chi connectivity index (χ3v) is 2.65. The molecule has 0 fully saturated rings. The molecule has 2 aromatic rings. The highest BCUT2D eigenvalue weighted by molar-refractivity contribution is 5.36. The fraction of sp³-hybridized carbons (Fsp3) is 0.214. The molecule has 0 spiro atoms. The zero-order valence-electron chi connectivity index (χ0n) is 9.59. The van der Waals surface area contributed by atoms with Crippen molar-refractivity contribution < 1.29 is 9.21 Å². The second-order valence-electron chi connectivity index (χ2n) is 3.93. The number of hydrogen-bond donors (Lipinski definition) is 0. The van der Waals surface area contributed by atoms with Crippen LogP contribution in [0.15, 0.2) is 52.1 Å². The molecule has 0 amide bonds. The van der Waals surface area contributed by atoms with E-state index < -0.39 is 0 Å². The number of nitrogens with zero attached hydrogens (tertiary/aromatic N) is 1. The van der Waals surface area contributed by atoms with Gasteiger partial charge < -0.3 is 4.42 Å². The van der Waals surface area contributed by atoms with E-state index in [-0.39, 0.29) is 6.04 Å². The zero-order valence-corrected chi connectivity index (χ0v) is 9.59. The molecule has 3 nitrogen and oxygen atoms in total. The Labute approximate surface area is 99.8 Å². The monoisotopic (exact) mass is 227 g/mol. The third-order valence-electron chi connectivity index (χ3n) is 2.65. The molecule has 3 heteroatoms. The summed E-state index contributed by atoms with van der Waals surface area (Å²) in [4.78, 5) is 14.3. The maximum atomic E-state index is 10.5. The van der Waals surface area contributed by atoms with Gasteiger partial charge in [-0.25, -0.2) is 4.79 Å². The van der Waals surface area contributed by atoms with Gasteiger partial charge >= 0.3 is 0 Å². The molecule has 0 aliphatic heterocycles. The largest absolute Gasteiger partial charge is 0.469 e. The van der Waals surface area contributed by atoms with Gasteiger partial charge in [-0.3, -0.25) is 0 Å². The lowest BCUT2D eigenvalue weighted by molar-refractivity contribution is 0.487. The van der Waals surface area contributed by atoms with E-state index in [4.69, 9.17) is 4.42 Å². The topological polar surface area (TPSA) is 42.6 Å². The minimum absolute atomic E-state index is 0.223. The molecular weight excluding hydrogens is 214 g/mol. The number of rotatable bonds is 4. The highest BCUT2D eigenvalue weighted by Gasteiger charge is 2.12. The quantitative estimate of drug-likeness (QED) is 0.594. The molecule has 0 saturated carbocycles. The first-order valence-corrected chi connectivity index (χ1v) is 5.45. The van der Waals surface area contributed by atoms with Crippen LogP contribution in [0.1, 0.15) is 22.9 Å². The van der Waals surface area contributed by atoms with Crippen molar-refractivity contribution in [1.82, 2.24) is 0 Å². The second kappa shape index (κ2) is 5.28. The Morgan fingerprint density at radius 1 is 1.29 bits per heavy atom. The molecule has 1 heterocycles. The molecular formula is C14H13NO2. The lowest BCUT2D eigenvalue weighted by Gasteiger charge is -2.09. The maximum Gasteiger partial charge on any atom is 0.235 e. The van der Waals surface area contributed by atoms with Crippen molar-refractivity contribution in [3.05, 3.63) is 59.5 Å². The van der Waals surface area contributed by atoms with E-state index in [1.54, 1.807) is 12.3 Å². The first kappa shape index (κ1) is 11.4. The summed E-state index contributed by atoms with van der Waals surface area (Å²) in [6.07, 6.45) is 3.82. The van der Waals surface area contributed by atoms with Crippen LogP contribution in [0, 0.1) is 6.92 Å². The molecule has 0 aliphatic carbocycles. The van der Waals surface area contributed by atoms with Crippen molar-refractivity contribution in [2.75, 3.05) is 0 Å². The Morgan fingerprint density at radius 2 is 2.06 bits per heavy atom. The molecule has 17 heavy (non-hydrogen) atoms. The van der Waals surface area contributed by atoms with Gasteiger partial charge in [0.1, 0.15) is 5.76 Å². The molecule has 0 aliphatic rings. The van der Waals surface area contributed by atoms with Crippen molar-refractivity contribution in [2.24, 2.45) is 4.99 Å². The van der Waals surface area contributed by atoms with Crippen LogP contribution >= 0.6 is 0 Å². The maximum absolute atomic E-state index is 10.5. The summed E-state index contributed by atoms with van der Waals surface area (Å²) in [6, 6.07) is 11.4. The van der Waals surface area contributed by atoms with Gasteiger partial charge in [0.2, 0.25) is 6.08 Å². The van der Waals surface area contributed by atoms with Crippen molar-refractivity contribution in [2.45, 2.75) is 19.4 Å². The molecule has 1 unspecified atom stereocenters. The van der Waals surface area contributed by atoms with E-state index in [2.05, 4.69) is 4.99 Å². The van der Waals surface area contributed by atoms with Gasteiger partial charge in [0.25, 0.3) is 0 Å². The van der Waals surface area contributed by atoms with Gasteiger partial charge in [0.05, 0.1) is 12.3 Å². The minimum atomic E-state index is -0.223. The predicted octanol–water partition coefficient (Wildman–Crippen LogP) is 3.21. The molecule has 0 radical (unpaired) electrons. The number of aliphatic imine (C=N–C) groups is 1. The Hall–Kier alpha value is -2.12. The second-order valence-corrected chi connectivity index (χ2v) is 3.93. The molecule has 1 aromatic heterocycles. The van der Waals surface area contributed by atoms with Gasteiger partial charge in [0, 0.05) is 6.42 Å². The van der Waals surface area contributed by atoms with Gasteiger partial charge in [0.15, 0.2) is 0 Å². The van der Waals surface area contributed by atoms with E-state index in [0.717, 1.165) is 11.3 Å². The van der Waals surface area contributed by atoms with E-state index >= 15 is 0 Å². The van der Waals surface area contributed by atoms with Gasteiger partial charge in [-0.15, -0.1) is 0 Å². The van der Waals surface area contributed by atoms with Crippen LogP contribution in [-0.2, 0) is 11.2 Å². The number of benzene rings is 1. The number of aryl methyl sites for hydroxylation is 1. The van der Waals surface area contributed by atoms with Gasteiger partial charge in [-0.05, 0) is 24.6 Å². The minimum Gasteiger partial charge on any atom is -0.469 e. The van der Waals surface area contributed by atoms with Crippen molar-refractivity contribution in [1.29, 1.82) is 0 Å². The average Bonchev–Trinajstić information content (AvgIpc) is 2.82. The van der Waals surface area contributed by atoms with Gasteiger partial charge in [-0.1, -0.05) is 29.8 Å². The SMILES string of the molecule is Cc1ccc(C(Cc2ccco2)N=C=O)cc1. The van der Waals surface area contributed by atoms with Crippen molar-refractivity contribution >= 4 is 6.08 Å². The van der Waals surface area contributed by atoms with E-state index in [9.17, 15) is 4.79 Å². The molecule has 86 valence electrons. The molecule has 0 bridgehead atoms. The van der Waals surface area contributed by atoms with E-state index in [1.807, 2.05) is 43.3 Å². The summed E-state index contributed by atoms with van der Waals surface area (Å²) >= 11 is 0. The molecule has 2 rings (SSSR count). The molecule has 1 atom stereocenters. The Bertz CT molecular complexity index is 508. The summed E-state index contributed by atoms with van der Waals surface area (Å²) in [7, 11) is 0. The Kier molecular flexibility index (Phi) is 3.53. The zero-order chi connectivity index (χ0) is 12.1.